The topological polar surface area (TPSA) is 8.17 Å². The van der Waals surface area contributed by atoms with Crippen LogP contribution in [0.1, 0.15) is 0 Å². The Bertz CT molecular complexity index is 3540. The summed E-state index contributed by atoms with van der Waals surface area (Å²) in [6.45, 7) is 0. The maximum absolute atomic E-state index is 2.42. The Kier molecular flexibility index (Phi) is 8.39. The largest absolute Gasteiger partial charge is 0.310 e. The zero-order valence-corrected chi connectivity index (χ0v) is 34.1. The van der Waals surface area contributed by atoms with Gasteiger partial charge in [-0.3, -0.25) is 0 Å². The van der Waals surface area contributed by atoms with E-state index < -0.39 is 0 Å². The van der Waals surface area contributed by atoms with Crippen LogP contribution in [-0.4, -0.2) is 4.57 Å². The normalized spacial score (nSPS) is 11.6. The predicted octanol–water partition coefficient (Wildman–Crippen LogP) is 16.8. The second-order valence-electron chi connectivity index (χ2n) is 15.7. The molecule has 0 amide bonds. The van der Waals surface area contributed by atoms with Gasteiger partial charge in [0.25, 0.3) is 0 Å². The minimum absolute atomic E-state index is 1.11. The summed E-state index contributed by atoms with van der Waals surface area (Å²) in [5.41, 5.74) is 14.1. The van der Waals surface area contributed by atoms with Gasteiger partial charge in [-0.05, 0) is 93.7 Å². The van der Waals surface area contributed by atoms with Crippen molar-refractivity contribution in [1.29, 1.82) is 0 Å². The quantitative estimate of drug-likeness (QED) is 0.156. The summed E-state index contributed by atoms with van der Waals surface area (Å²) < 4.78 is 5.00. The van der Waals surface area contributed by atoms with Gasteiger partial charge in [0.2, 0.25) is 0 Å². The predicted molar refractivity (Wildman–Crippen MR) is 262 cm³/mol. The lowest BCUT2D eigenvalue weighted by molar-refractivity contribution is 1.18. The average Bonchev–Trinajstić information content (AvgIpc) is 3.87. The van der Waals surface area contributed by atoms with E-state index in [1.807, 2.05) is 11.3 Å². The monoisotopic (exact) mass is 794 g/mol. The fourth-order valence-corrected chi connectivity index (χ4v) is 10.4. The Labute approximate surface area is 358 Å². The lowest BCUT2D eigenvalue weighted by Crippen LogP contribution is -2.11. The summed E-state index contributed by atoms with van der Waals surface area (Å²) in [5, 5.41) is 7.61. The van der Waals surface area contributed by atoms with Gasteiger partial charge in [-0.2, -0.15) is 0 Å². The number of hydrogen-bond acceptors (Lipinski definition) is 2. The SMILES string of the molecule is c1ccc(N(c2ccc(-c3ccc(-c4ccccc4-n4c5ccccc5c5ccccc54)cc3)cc2)c2ccc3c(c2)sc2ccccc23)c(-c2ccc3ccccc3c2)c1. The van der Waals surface area contributed by atoms with E-state index in [1.165, 1.54) is 91.8 Å². The van der Waals surface area contributed by atoms with Crippen molar-refractivity contribution in [1.82, 2.24) is 4.57 Å². The van der Waals surface area contributed by atoms with Crippen molar-refractivity contribution in [2.75, 3.05) is 4.90 Å². The van der Waals surface area contributed by atoms with E-state index in [-0.39, 0.29) is 0 Å². The van der Waals surface area contributed by atoms with Crippen LogP contribution in [0.4, 0.5) is 17.1 Å². The number of hydrogen-bond donors (Lipinski definition) is 0. The van der Waals surface area contributed by atoms with E-state index in [4.69, 9.17) is 0 Å². The summed E-state index contributed by atoms with van der Waals surface area (Å²) in [6.07, 6.45) is 0. The van der Waals surface area contributed by atoms with Crippen LogP contribution >= 0.6 is 11.3 Å². The molecule has 0 spiro atoms. The molecule has 0 bridgehead atoms. The van der Waals surface area contributed by atoms with Crippen LogP contribution in [0.25, 0.3) is 91.8 Å². The molecule has 0 aliphatic rings. The first-order valence-corrected chi connectivity index (χ1v) is 21.6. The molecule has 0 saturated carbocycles. The van der Waals surface area contributed by atoms with Gasteiger partial charge in [0.15, 0.2) is 0 Å². The van der Waals surface area contributed by atoms with Gasteiger partial charge >= 0.3 is 0 Å². The number of thiophene rings is 1. The summed E-state index contributed by atoms with van der Waals surface area (Å²) in [6, 6.07) is 84.2. The number of anilines is 3. The van der Waals surface area contributed by atoms with Crippen molar-refractivity contribution in [2.24, 2.45) is 0 Å². The number of benzene rings is 10. The zero-order valence-electron chi connectivity index (χ0n) is 33.2. The molecule has 10 aromatic carbocycles. The summed E-state index contributed by atoms with van der Waals surface area (Å²) in [7, 11) is 0. The first-order valence-electron chi connectivity index (χ1n) is 20.8. The minimum atomic E-state index is 1.11. The van der Waals surface area contributed by atoms with E-state index >= 15 is 0 Å². The van der Waals surface area contributed by atoms with Crippen LogP contribution in [-0.2, 0) is 0 Å². The lowest BCUT2D eigenvalue weighted by atomic mass is 9.97. The molecule has 12 aromatic rings. The Balaban J connectivity index is 0.936. The minimum Gasteiger partial charge on any atom is -0.310 e. The first-order chi connectivity index (χ1) is 30.2. The number of aromatic nitrogens is 1. The van der Waals surface area contributed by atoms with Gasteiger partial charge in [-0.1, -0.05) is 170 Å². The smallest absolute Gasteiger partial charge is 0.0541 e. The van der Waals surface area contributed by atoms with Crippen LogP contribution in [0, 0.1) is 0 Å². The van der Waals surface area contributed by atoms with Crippen molar-refractivity contribution in [3.05, 3.63) is 231 Å². The molecule has 12 rings (SSSR count). The summed E-state index contributed by atoms with van der Waals surface area (Å²) in [4.78, 5) is 2.42. The Morgan fingerprint density at radius 1 is 0.328 bits per heavy atom. The average molecular weight is 795 g/mol. The molecular formula is C58H38N2S. The molecule has 61 heavy (non-hydrogen) atoms. The standard InChI is InChI=1S/C58H38N2S/c1-2-14-43-37-44(30-27-39(43)13-1)48-16-4-8-20-53(48)59(46-35-36-52-51-19-7-12-24-57(51)61-58(52)38-46)45-33-31-41(32-34-45)40-25-28-42(29-26-40)47-15-3-9-21-54(47)60-55-22-10-5-17-49(55)50-18-6-11-23-56(50)60/h1-38H. The van der Waals surface area contributed by atoms with Gasteiger partial charge in [0.1, 0.15) is 0 Å². The van der Waals surface area contributed by atoms with Crippen molar-refractivity contribution < 1.29 is 0 Å². The highest BCUT2D eigenvalue weighted by Crippen LogP contribution is 2.45. The molecule has 0 aliphatic heterocycles. The molecule has 0 radical (unpaired) electrons. The molecule has 286 valence electrons. The second kappa shape index (κ2) is 14.5. The highest BCUT2D eigenvalue weighted by molar-refractivity contribution is 7.25. The number of rotatable bonds is 7. The molecule has 2 aromatic heterocycles. The molecule has 0 fully saturated rings. The molecule has 0 unspecified atom stereocenters. The van der Waals surface area contributed by atoms with Crippen molar-refractivity contribution in [2.45, 2.75) is 0 Å². The molecule has 0 saturated heterocycles. The molecule has 3 heteroatoms. The molecular weight excluding hydrogens is 757 g/mol. The van der Waals surface area contributed by atoms with Crippen LogP contribution in [0.3, 0.4) is 0 Å². The maximum Gasteiger partial charge on any atom is 0.0541 e. The highest BCUT2D eigenvalue weighted by atomic mass is 32.1. The van der Waals surface area contributed by atoms with Crippen LogP contribution < -0.4 is 4.90 Å². The van der Waals surface area contributed by atoms with Crippen molar-refractivity contribution >= 4 is 81.1 Å². The van der Waals surface area contributed by atoms with E-state index in [1.54, 1.807) is 0 Å². The van der Waals surface area contributed by atoms with E-state index in [0.29, 0.717) is 0 Å². The summed E-state index contributed by atoms with van der Waals surface area (Å²) in [5.74, 6) is 0. The number of para-hydroxylation sites is 4. The van der Waals surface area contributed by atoms with Crippen LogP contribution in [0.2, 0.25) is 0 Å². The van der Waals surface area contributed by atoms with Crippen molar-refractivity contribution in [3.63, 3.8) is 0 Å². The van der Waals surface area contributed by atoms with Gasteiger partial charge in [0.05, 0.1) is 22.4 Å². The van der Waals surface area contributed by atoms with Gasteiger partial charge in [-0.25, -0.2) is 0 Å². The third-order valence-corrected chi connectivity index (χ3v) is 13.3. The molecule has 0 aliphatic carbocycles. The highest BCUT2D eigenvalue weighted by Gasteiger charge is 2.20. The molecule has 0 atom stereocenters. The lowest BCUT2D eigenvalue weighted by Gasteiger charge is -2.28. The van der Waals surface area contributed by atoms with E-state index in [9.17, 15) is 0 Å². The van der Waals surface area contributed by atoms with Crippen LogP contribution in [0.5, 0.6) is 0 Å². The van der Waals surface area contributed by atoms with E-state index in [0.717, 1.165) is 17.1 Å². The second-order valence-corrected chi connectivity index (χ2v) is 16.8. The van der Waals surface area contributed by atoms with Crippen LogP contribution in [0.15, 0.2) is 231 Å². The Morgan fingerprint density at radius 2 is 0.869 bits per heavy atom. The molecule has 2 nitrogen and oxygen atoms in total. The van der Waals surface area contributed by atoms with E-state index in [2.05, 4.69) is 240 Å². The van der Waals surface area contributed by atoms with Gasteiger partial charge < -0.3 is 9.47 Å². The number of fused-ring (bicyclic) bond motifs is 7. The fourth-order valence-electron chi connectivity index (χ4n) is 9.29. The van der Waals surface area contributed by atoms with Gasteiger partial charge in [-0.15, -0.1) is 11.3 Å². The first kappa shape index (κ1) is 35.2. The van der Waals surface area contributed by atoms with Crippen molar-refractivity contribution in [3.8, 4) is 39.1 Å². The van der Waals surface area contributed by atoms with Gasteiger partial charge in [0, 0.05) is 53.4 Å². The fraction of sp³-hybridized carbons (Fsp3) is 0. The zero-order chi connectivity index (χ0) is 40.3. The molecule has 2 heterocycles. The summed E-state index contributed by atoms with van der Waals surface area (Å²) >= 11 is 1.86. The Morgan fingerprint density at radius 3 is 1.64 bits per heavy atom. The Hall–Kier alpha value is -7.72. The molecule has 0 N–H and O–H groups in total. The third-order valence-electron chi connectivity index (χ3n) is 12.2. The maximum atomic E-state index is 2.42. The number of nitrogens with zero attached hydrogens (tertiary/aromatic N) is 2. The third kappa shape index (κ3) is 6.01.